The summed E-state index contributed by atoms with van der Waals surface area (Å²) in [4.78, 5) is 1.33. The van der Waals surface area contributed by atoms with Crippen LogP contribution in [0.4, 0.5) is 0 Å². The van der Waals surface area contributed by atoms with E-state index in [0.29, 0.717) is 0 Å². The van der Waals surface area contributed by atoms with E-state index in [0.717, 1.165) is 10.2 Å². The molecule has 1 aromatic heterocycles. The largest absolute Gasteiger partial charge is 0.271 e. The van der Waals surface area contributed by atoms with E-state index in [1.54, 1.807) is 11.3 Å². The molecule has 3 N–H and O–H groups in total. The fraction of sp³-hybridized carbons (Fsp3) is 0.333. The molecule has 1 aromatic carbocycles. The minimum absolute atomic E-state index is 0.158. The Morgan fingerprint density at radius 3 is 2.32 bits per heavy atom. The van der Waals surface area contributed by atoms with Crippen molar-refractivity contribution in [3.05, 3.63) is 55.2 Å². The molecule has 1 heterocycles. The van der Waals surface area contributed by atoms with E-state index >= 15 is 0 Å². The van der Waals surface area contributed by atoms with Gasteiger partial charge in [-0.15, -0.1) is 11.3 Å². The van der Waals surface area contributed by atoms with Crippen LogP contribution in [-0.4, -0.2) is 0 Å². The summed E-state index contributed by atoms with van der Waals surface area (Å²) in [6, 6.07) is 8.83. The molecule has 102 valence electrons. The molecule has 2 nitrogen and oxygen atoms in total. The average molecular weight is 339 g/mol. The quantitative estimate of drug-likeness (QED) is 0.648. The summed E-state index contributed by atoms with van der Waals surface area (Å²) in [5.74, 6) is 5.78. The highest BCUT2D eigenvalue weighted by atomic mass is 79.9. The number of hydrogen-bond donors (Lipinski definition) is 2. The molecular formula is C15H19BrN2S. The van der Waals surface area contributed by atoms with Crippen LogP contribution in [-0.2, 0) is 6.42 Å². The zero-order valence-corrected chi connectivity index (χ0v) is 13.9. The molecule has 0 bridgehead atoms. The molecule has 0 saturated carbocycles. The summed E-state index contributed by atoms with van der Waals surface area (Å²) < 4.78 is 1.16. The predicted molar refractivity (Wildman–Crippen MR) is 86.4 cm³/mol. The molecule has 19 heavy (non-hydrogen) atoms. The lowest BCUT2D eigenvalue weighted by Crippen LogP contribution is -2.30. The number of benzene rings is 1. The van der Waals surface area contributed by atoms with Crippen LogP contribution in [0.2, 0.25) is 0 Å². The second-order valence-corrected chi connectivity index (χ2v) is 7.49. The molecule has 4 heteroatoms. The van der Waals surface area contributed by atoms with Gasteiger partial charge in [0.15, 0.2) is 0 Å². The number of aryl methyl sites for hydroxylation is 3. The fourth-order valence-corrected chi connectivity index (χ4v) is 4.18. The Morgan fingerprint density at radius 2 is 1.84 bits per heavy atom. The van der Waals surface area contributed by atoms with Crippen molar-refractivity contribution in [2.75, 3.05) is 0 Å². The van der Waals surface area contributed by atoms with E-state index in [2.05, 4.69) is 66.4 Å². The van der Waals surface area contributed by atoms with Crippen LogP contribution < -0.4 is 11.3 Å². The Kier molecular flexibility index (Phi) is 4.79. The first-order valence-electron chi connectivity index (χ1n) is 6.29. The van der Waals surface area contributed by atoms with Crippen LogP contribution in [0.5, 0.6) is 0 Å². The standard InChI is InChI=1S/C15H19BrN2S/c1-9-6-10(2)15(11(3)7-9)13(18-17)8-12-4-5-14(16)19-12/h4-7,13,18H,8,17H2,1-3H3. The lowest BCUT2D eigenvalue weighted by atomic mass is 9.92. The van der Waals surface area contributed by atoms with Crippen LogP contribution in [0.1, 0.15) is 33.2 Å². The SMILES string of the molecule is Cc1cc(C)c(C(Cc2ccc(Br)s2)NN)c(C)c1. The predicted octanol–water partition coefficient (Wildman–Crippen LogP) is 4.18. The van der Waals surface area contributed by atoms with Gasteiger partial charge in [0.2, 0.25) is 0 Å². The minimum atomic E-state index is 0.158. The second kappa shape index (κ2) is 6.18. The number of hydrazine groups is 1. The topological polar surface area (TPSA) is 38.0 Å². The highest BCUT2D eigenvalue weighted by molar-refractivity contribution is 9.11. The number of nitrogens with two attached hydrogens (primary N) is 1. The van der Waals surface area contributed by atoms with Gasteiger partial charge in [-0.05, 0) is 65.5 Å². The van der Waals surface area contributed by atoms with Gasteiger partial charge in [0, 0.05) is 11.3 Å². The summed E-state index contributed by atoms with van der Waals surface area (Å²) in [6.45, 7) is 6.44. The average Bonchev–Trinajstić information content (AvgIpc) is 2.72. The van der Waals surface area contributed by atoms with E-state index in [-0.39, 0.29) is 6.04 Å². The third-order valence-electron chi connectivity index (χ3n) is 3.32. The molecule has 0 spiro atoms. The maximum atomic E-state index is 5.78. The normalized spacial score (nSPS) is 12.7. The Morgan fingerprint density at radius 1 is 1.21 bits per heavy atom. The maximum absolute atomic E-state index is 5.78. The highest BCUT2D eigenvalue weighted by Crippen LogP contribution is 2.29. The smallest absolute Gasteiger partial charge is 0.0701 e. The van der Waals surface area contributed by atoms with Crippen molar-refractivity contribution < 1.29 is 0 Å². The van der Waals surface area contributed by atoms with Gasteiger partial charge < -0.3 is 0 Å². The summed E-state index contributed by atoms with van der Waals surface area (Å²) in [5, 5.41) is 0. The summed E-state index contributed by atoms with van der Waals surface area (Å²) in [6.07, 6.45) is 0.914. The van der Waals surface area contributed by atoms with E-state index < -0.39 is 0 Å². The van der Waals surface area contributed by atoms with Crippen LogP contribution in [0.25, 0.3) is 0 Å². The molecule has 2 rings (SSSR count). The molecule has 0 radical (unpaired) electrons. The molecule has 0 saturated heterocycles. The van der Waals surface area contributed by atoms with E-state index in [1.165, 1.54) is 27.1 Å². The number of thiophene rings is 1. The Balaban J connectivity index is 2.32. The molecule has 1 atom stereocenters. The van der Waals surface area contributed by atoms with Crippen molar-refractivity contribution in [3.8, 4) is 0 Å². The van der Waals surface area contributed by atoms with Crippen LogP contribution in [0.3, 0.4) is 0 Å². The van der Waals surface area contributed by atoms with Gasteiger partial charge >= 0.3 is 0 Å². The molecule has 0 aliphatic heterocycles. The van der Waals surface area contributed by atoms with Gasteiger partial charge in [-0.3, -0.25) is 11.3 Å². The van der Waals surface area contributed by atoms with Crippen molar-refractivity contribution in [2.45, 2.75) is 33.2 Å². The first-order chi connectivity index (χ1) is 9.01. The number of halogens is 1. The van der Waals surface area contributed by atoms with Gasteiger partial charge in [-0.25, -0.2) is 0 Å². The molecule has 0 aliphatic carbocycles. The first kappa shape index (κ1) is 14.7. The zero-order chi connectivity index (χ0) is 14.0. The van der Waals surface area contributed by atoms with Gasteiger partial charge in [0.05, 0.1) is 9.83 Å². The van der Waals surface area contributed by atoms with E-state index in [4.69, 9.17) is 5.84 Å². The fourth-order valence-electron chi connectivity index (χ4n) is 2.65. The van der Waals surface area contributed by atoms with Gasteiger partial charge in [0.25, 0.3) is 0 Å². The van der Waals surface area contributed by atoms with Crippen LogP contribution >= 0.6 is 27.3 Å². The second-order valence-electron chi connectivity index (χ2n) is 4.94. The van der Waals surface area contributed by atoms with E-state index in [9.17, 15) is 0 Å². The monoisotopic (exact) mass is 338 g/mol. The zero-order valence-electron chi connectivity index (χ0n) is 11.5. The van der Waals surface area contributed by atoms with Gasteiger partial charge in [-0.2, -0.15) is 0 Å². The number of hydrogen-bond acceptors (Lipinski definition) is 3. The van der Waals surface area contributed by atoms with E-state index in [1.807, 2.05) is 0 Å². The van der Waals surface area contributed by atoms with Gasteiger partial charge in [-0.1, -0.05) is 17.7 Å². The lowest BCUT2D eigenvalue weighted by molar-refractivity contribution is 0.550. The Labute approximate surface area is 127 Å². The number of rotatable bonds is 4. The van der Waals surface area contributed by atoms with Crippen molar-refractivity contribution in [2.24, 2.45) is 5.84 Å². The Bertz CT molecular complexity index is 554. The van der Waals surface area contributed by atoms with Crippen LogP contribution in [0, 0.1) is 20.8 Å². The maximum Gasteiger partial charge on any atom is 0.0701 e. The van der Waals surface area contributed by atoms with Gasteiger partial charge in [0.1, 0.15) is 0 Å². The lowest BCUT2D eigenvalue weighted by Gasteiger charge is -2.21. The van der Waals surface area contributed by atoms with Crippen molar-refractivity contribution in [1.29, 1.82) is 0 Å². The molecule has 0 amide bonds. The highest BCUT2D eigenvalue weighted by Gasteiger charge is 2.16. The third-order valence-corrected chi connectivity index (χ3v) is 4.97. The van der Waals surface area contributed by atoms with Crippen molar-refractivity contribution in [3.63, 3.8) is 0 Å². The van der Waals surface area contributed by atoms with Crippen molar-refractivity contribution >= 4 is 27.3 Å². The molecule has 1 unspecified atom stereocenters. The first-order valence-corrected chi connectivity index (χ1v) is 7.90. The summed E-state index contributed by atoms with van der Waals surface area (Å²) >= 11 is 5.27. The molecule has 2 aromatic rings. The summed E-state index contributed by atoms with van der Waals surface area (Å²) in [7, 11) is 0. The molecule has 0 fully saturated rings. The third kappa shape index (κ3) is 3.45. The summed E-state index contributed by atoms with van der Waals surface area (Å²) in [5.41, 5.74) is 8.19. The Hall–Kier alpha value is -0.680. The number of nitrogens with one attached hydrogen (secondary N) is 1. The molecule has 0 aliphatic rings. The van der Waals surface area contributed by atoms with Crippen molar-refractivity contribution in [1.82, 2.24) is 5.43 Å². The van der Waals surface area contributed by atoms with Crippen LogP contribution in [0.15, 0.2) is 28.1 Å². The minimum Gasteiger partial charge on any atom is -0.271 e. The molecular weight excluding hydrogens is 320 g/mol.